The van der Waals surface area contributed by atoms with E-state index >= 15 is 0 Å². The molecule has 1 aliphatic rings. The lowest BCUT2D eigenvalue weighted by Crippen LogP contribution is -2.42. The summed E-state index contributed by atoms with van der Waals surface area (Å²) in [6.45, 7) is 3.70. The number of hydrogen-bond acceptors (Lipinski definition) is 5. The molecule has 1 N–H and O–H groups in total. The molecule has 1 saturated heterocycles. The Bertz CT molecular complexity index is 938. The number of rotatable bonds is 5. The van der Waals surface area contributed by atoms with E-state index < -0.39 is 23.9 Å². The van der Waals surface area contributed by atoms with Crippen LogP contribution in [0.3, 0.4) is 0 Å². The number of anilines is 2. The molecule has 8 nitrogen and oxygen atoms in total. The maximum atomic E-state index is 12.9. The number of nitrogens with one attached hydrogen (secondary N) is 1. The first-order valence-electron chi connectivity index (χ1n) is 8.95. The number of pyridine rings is 1. The van der Waals surface area contributed by atoms with Gasteiger partial charge in [-0.25, -0.2) is 19.7 Å². The van der Waals surface area contributed by atoms with Crippen LogP contribution in [0.1, 0.15) is 19.7 Å². The molecule has 0 aromatic carbocycles. The van der Waals surface area contributed by atoms with Gasteiger partial charge in [-0.15, -0.1) is 0 Å². The van der Waals surface area contributed by atoms with Crippen molar-refractivity contribution < 1.29 is 22.8 Å². The number of amides is 3. The number of halogens is 4. The average Bonchev–Trinajstić information content (AvgIpc) is 2.98. The number of carbonyl (C=O) groups is 2. The second-order valence-electron chi connectivity index (χ2n) is 7.00. The van der Waals surface area contributed by atoms with Crippen LogP contribution in [0.2, 0.25) is 5.02 Å². The zero-order valence-electron chi connectivity index (χ0n) is 16.0. The largest absolute Gasteiger partial charge is 0.451 e. The molecule has 0 aliphatic carbocycles. The molecule has 3 rings (SSSR count). The zero-order chi connectivity index (χ0) is 22.1. The highest BCUT2D eigenvalue weighted by atomic mass is 35.5. The van der Waals surface area contributed by atoms with Gasteiger partial charge in [0.05, 0.1) is 24.1 Å². The number of aromatic nitrogens is 3. The van der Waals surface area contributed by atoms with Crippen molar-refractivity contribution in [2.24, 2.45) is 5.92 Å². The lowest BCUT2D eigenvalue weighted by molar-refractivity contribution is -0.145. The number of hydrogen-bond donors (Lipinski definition) is 1. The number of carbonyl (C=O) groups excluding carboxylic acids is 2. The Kier molecular flexibility index (Phi) is 6.11. The fourth-order valence-electron chi connectivity index (χ4n) is 3.05. The average molecular weight is 443 g/mol. The summed E-state index contributed by atoms with van der Waals surface area (Å²) in [6.07, 6.45) is -1.34. The van der Waals surface area contributed by atoms with Gasteiger partial charge in [-0.1, -0.05) is 25.4 Å². The third-order valence-electron chi connectivity index (χ3n) is 4.52. The van der Waals surface area contributed by atoms with Crippen molar-refractivity contribution in [3.05, 3.63) is 41.6 Å². The van der Waals surface area contributed by atoms with Crippen LogP contribution >= 0.6 is 11.6 Å². The van der Waals surface area contributed by atoms with Crippen molar-refractivity contribution in [3.8, 4) is 0 Å². The molecule has 1 aliphatic heterocycles. The molecule has 0 unspecified atom stereocenters. The second kappa shape index (κ2) is 8.42. The van der Waals surface area contributed by atoms with Gasteiger partial charge in [0.15, 0.2) is 0 Å². The van der Waals surface area contributed by atoms with E-state index in [1.807, 2.05) is 13.8 Å². The summed E-state index contributed by atoms with van der Waals surface area (Å²) in [5.74, 6) is -1.53. The summed E-state index contributed by atoms with van der Waals surface area (Å²) in [7, 11) is 0. The summed E-state index contributed by atoms with van der Waals surface area (Å²) < 4.78 is 38.0. The molecule has 160 valence electrons. The van der Waals surface area contributed by atoms with E-state index in [-0.39, 0.29) is 36.6 Å². The minimum atomic E-state index is -4.67. The van der Waals surface area contributed by atoms with E-state index in [1.54, 1.807) is 6.07 Å². The Balaban J connectivity index is 1.75. The quantitative estimate of drug-likeness (QED) is 0.765. The van der Waals surface area contributed by atoms with Gasteiger partial charge in [0.25, 0.3) is 0 Å². The maximum Gasteiger partial charge on any atom is 0.451 e. The molecule has 1 atom stereocenters. The maximum absolute atomic E-state index is 12.9. The molecule has 1 fully saturated rings. The Morgan fingerprint density at radius 1 is 1.30 bits per heavy atom. The van der Waals surface area contributed by atoms with E-state index in [0.29, 0.717) is 5.02 Å². The number of alkyl halides is 3. The highest BCUT2D eigenvalue weighted by Gasteiger charge is 2.41. The van der Waals surface area contributed by atoms with Crippen LogP contribution in [0.5, 0.6) is 0 Å². The summed E-state index contributed by atoms with van der Waals surface area (Å²) in [5.41, 5.74) is 0.123. The fourth-order valence-corrected chi connectivity index (χ4v) is 3.21. The Labute approximate surface area is 175 Å². The van der Waals surface area contributed by atoms with Crippen LogP contribution in [0, 0.1) is 5.92 Å². The summed E-state index contributed by atoms with van der Waals surface area (Å²) in [5, 5.41) is 2.97. The molecule has 3 heterocycles. The van der Waals surface area contributed by atoms with Crippen LogP contribution in [0.4, 0.5) is 29.5 Å². The lowest BCUT2D eigenvalue weighted by atomic mass is 10.0. The summed E-state index contributed by atoms with van der Waals surface area (Å²) in [4.78, 5) is 38.5. The molecule has 0 spiro atoms. The first kappa shape index (κ1) is 21.8. The molecule has 12 heteroatoms. The zero-order valence-corrected chi connectivity index (χ0v) is 16.8. The van der Waals surface area contributed by atoms with Gasteiger partial charge >= 0.3 is 12.2 Å². The van der Waals surface area contributed by atoms with Crippen molar-refractivity contribution >= 4 is 35.0 Å². The van der Waals surface area contributed by atoms with Crippen LogP contribution in [0.25, 0.3) is 0 Å². The van der Waals surface area contributed by atoms with Crippen molar-refractivity contribution in [2.75, 3.05) is 23.3 Å². The highest BCUT2D eigenvalue weighted by Crippen LogP contribution is 2.29. The predicted octanol–water partition coefficient (Wildman–Crippen LogP) is 3.45. The van der Waals surface area contributed by atoms with Crippen LogP contribution in [0.15, 0.2) is 30.7 Å². The van der Waals surface area contributed by atoms with Crippen molar-refractivity contribution in [1.29, 1.82) is 0 Å². The molecule has 30 heavy (non-hydrogen) atoms. The second-order valence-corrected chi connectivity index (χ2v) is 7.44. The van der Waals surface area contributed by atoms with Crippen LogP contribution in [-0.4, -0.2) is 50.9 Å². The Morgan fingerprint density at radius 3 is 2.53 bits per heavy atom. The van der Waals surface area contributed by atoms with Gasteiger partial charge in [-0.2, -0.15) is 13.2 Å². The van der Waals surface area contributed by atoms with Crippen molar-refractivity contribution in [2.45, 2.75) is 26.1 Å². The molecular weight excluding hydrogens is 425 g/mol. The monoisotopic (exact) mass is 442 g/mol. The molecule has 2 aromatic rings. The first-order chi connectivity index (χ1) is 14.1. The van der Waals surface area contributed by atoms with E-state index in [2.05, 4.69) is 20.3 Å². The van der Waals surface area contributed by atoms with Gasteiger partial charge < -0.3 is 10.2 Å². The predicted molar refractivity (Wildman–Crippen MR) is 103 cm³/mol. The molecule has 2 aromatic heterocycles. The van der Waals surface area contributed by atoms with Gasteiger partial charge in [-0.05, 0) is 18.1 Å². The van der Waals surface area contributed by atoms with E-state index in [4.69, 9.17) is 11.6 Å². The van der Waals surface area contributed by atoms with Gasteiger partial charge in [0.2, 0.25) is 11.7 Å². The molecule has 0 saturated carbocycles. The van der Waals surface area contributed by atoms with Crippen LogP contribution in [-0.2, 0) is 11.0 Å². The third-order valence-corrected chi connectivity index (χ3v) is 4.76. The van der Waals surface area contributed by atoms with E-state index in [1.165, 1.54) is 22.1 Å². The normalized spacial score (nSPS) is 17.0. The lowest BCUT2D eigenvalue weighted by Gasteiger charge is -2.25. The van der Waals surface area contributed by atoms with Gasteiger partial charge in [0, 0.05) is 17.8 Å². The Morgan fingerprint density at radius 2 is 1.97 bits per heavy atom. The number of urea groups is 1. The fraction of sp³-hybridized carbons (Fsp3) is 0.389. The van der Waals surface area contributed by atoms with E-state index in [9.17, 15) is 22.8 Å². The van der Waals surface area contributed by atoms with Crippen molar-refractivity contribution in [1.82, 2.24) is 19.9 Å². The minimum absolute atomic E-state index is 0.00795. The molecular formula is C18H18ClF3N6O2. The number of nitrogens with zero attached hydrogens (tertiary/aromatic N) is 5. The topological polar surface area (TPSA) is 91.3 Å². The summed E-state index contributed by atoms with van der Waals surface area (Å²) in [6, 6.07) is 2.17. The van der Waals surface area contributed by atoms with Gasteiger partial charge in [-0.3, -0.25) is 9.69 Å². The standard InChI is InChI=1S/C18H18ClF3N6O2/c1-10(2)13-8-27(12-6-24-16(25-7-12)18(20,21)22)17(30)28(13)9-15(29)26-14-5-11(19)3-4-23-14/h3-7,10,13H,8-9H2,1-2H3,(H,23,26,29)/t13-/m1/s1. The molecule has 0 radical (unpaired) electrons. The van der Waals surface area contributed by atoms with Crippen LogP contribution < -0.4 is 10.2 Å². The van der Waals surface area contributed by atoms with Crippen molar-refractivity contribution in [3.63, 3.8) is 0 Å². The molecule has 3 amide bonds. The minimum Gasteiger partial charge on any atom is -0.310 e. The third kappa shape index (κ3) is 4.78. The molecule has 0 bridgehead atoms. The van der Waals surface area contributed by atoms with E-state index in [0.717, 1.165) is 12.4 Å². The SMILES string of the molecule is CC(C)[C@H]1CN(c2cnc(C(F)(F)F)nc2)C(=O)N1CC(=O)Nc1cc(Cl)ccn1. The Hall–Kier alpha value is -2.95. The first-order valence-corrected chi connectivity index (χ1v) is 9.33. The smallest absolute Gasteiger partial charge is 0.310 e. The van der Waals surface area contributed by atoms with Gasteiger partial charge in [0.1, 0.15) is 12.4 Å². The highest BCUT2D eigenvalue weighted by molar-refractivity contribution is 6.30. The summed E-state index contributed by atoms with van der Waals surface area (Å²) >= 11 is 5.87.